The number of thiazole rings is 1. The summed E-state index contributed by atoms with van der Waals surface area (Å²) >= 11 is 1.36. The monoisotopic (exact) mass is 443 g/mol. The number of nitrogens with zero attached hydrogens (tertiary/aromatic N) is 1. The molecule has 2 aromatic carbocycles. The van der Waals surface area contributed by atoms with E-state index in [1.165, 1.54) is 23.5 Å². The first kappa shape index (κ1) is 22.2. The molecule has 3 rings (SSSR count). The molecule has 1 atom stereocenters. The number of benzene rings is 2. The largest absolute Gasteiger partial charge is 0.494 e. The standard InChI is InChI=1S/C22H22FN3O4S/c1-3-29-18-8-10-19(11-9-18)30-14(2)21(28)26-25-20(27)12-17-13-31-22(24-17)15-4-6-16(23)7-5-15/h4-11,13-14H,3,12H2,1-2H3,(H,25,27)(H,26,28)/t14-/m1/s1. The number of rotatable bonds is 8. The molecule has 1 heterocycles. The Morgan fingerprint density at radius 3 is 2.42 bits per heavy atom. The molecule has 3 aromatic rings. The van der Waals surface area contributed by atoms with Gasteiger partial charge in [-0.1, -0.05) is 0 Å². The summed E-state index contributed by atoms with van der Waals surface area (Å²) in [7, 11) is 0. The molecule has 1 aromatic heterocycles. The number of aromatic nitrogens is 1. The molecule has 2 N–H and O–H groups in total. The molecule has 0 unspecified atom stereocenters. The van der Waals surface area contributed by atoms with Gasteiger partial charge >= 0.3 is 0 Å². The van der Waals surface area contributed by atoms with E-state index in [0.29, 0.717) is 28.8 Å². The Kier molecular flexibility index (Phi) is 7.55. The van der Waals surface area contributed by atoms with Gasteiger partial charge in [-0.25, -0.2) is 9.37 Å². The molecule has 0 aliphatic rings. The molecule has 0 fully saturated rings. The average molecular weight is 444 g/mol. The number of amides is 2. The van der Waals surface area contributed by atoms with E-state index in [9.17, 15) is 14.0 Å². The lowest BCUT2D eigenvalue weighted by Crippen LogP contribution is -2.47. The number of hydrazine groups is 1. The Hall–Kier alpha value is -3.46. The zero-order valence-electron chi connectivity index (χ0n) is 17.1. The van der Waals surface area contributed by atoms with Gasteiger partial charge in [-0.3, -0.25) is 20.4 Å². The summed E-state index contributed by atoms with van der Waals surface area (Å²) in [4.78, 5) is 28.7. The van der Waals surface area contributed by atoms with Crippen LogP contribution in [0.1, 0.15) is 19.5 Å². The van der Waals surface area contributed by atoms with Crippen LogP contribution in [0.3, 0.4) is 0 Å². The maximum Gasteiger partial charge on any atom is 0.279 e. The molecule has 0 aliphatic carbocycles. The van der Waals surface area contributed by atoms with Gasteiger partial charge in [-0.2, -0.15) is 0 Å². The normalized spacial score (nSPS) is 11.5. The van der Waals surface area contributed by atoms with Crippen LogP contribution in [-0.4, -0.2) is 29.5 Å². The van der Waals surface area contributed by atoms with E-state index in [1.54, 1.807) is 48.7 Å². The second-order valence-electron chi connectivity index (χ2n) is 6.53. The second-order valence-corrected chi connectivity index (χ2v) is 7.39. The van der Waals surface area contributed by atoms with Crippen molar-refractivity contribution in [3.05, 3.63) is 65.4 Å². The molecular weight excluding hydrogens is 421 g/mol. The summed E-state index contributed by atoms with van der Waals surface area (Å²) in [5.41, 5.74) is 6.02. The quantitative estimate of drug-likeness (QED) is 0.520. The third-order valence-corrected chi connectivity index (χ3v) is 5.07. The minimum atomic E-state index is -0.817. The first-order valence-corrected chi connectivity index (χ1v) is 10.5. The molecule has 0 saturated carbocycles. The molecule has 0 bridgehead atoms. The fourth-order valence-electron chi connectivity index (χ4n) is 2.59. The Morgan fingerprint density at radius 2 is 1.74 bits per heavy atom. The molecule has 31 heavy (non-hydrogen) atoms. The Morgan fingerprint density at radius 1 is 1.06 bits per heavy atom. The fourth-order valence-corrected chi connectivity index (χ4v) is 3.42. The molecule has 7 nitrogen and oxygen atoms in total. The molecule has 2 amide bonds. The van der Waals surface area contributed by atoms with Crippen LogP contribution in [0.25, 0.3) is 10.6 Å². The molecule has 162 valence electrons. The Balaban J connectivity index is 1.45. The Bertz CT molecular complexity index is 1020. The van der Waals surface area contributed by atoms with Crippen LogP contribution in [-0.2, 0) is 16.0 Å². The van der Waals surface area contributed by atoms with E-state index in [1.807, 2.05) is 6.92 Å². The summed E-state index contributed by atoms with van der Waals surface area (Å²) < 4.78 is 24.0. The van der Waals surface area contributed by atoms with Crippen molar-refractivity contribution in [3.63, 3.8) is 0 Å². The molecule has 0 radical (unpaired) electrons. The Labute approximate surface area is 183 Å². The SMILES string of the molecule is CCOc1ccc(O[C@H](C)C(=O)NNC(=O)Cc2csc(-c3ccc(F)cc3)n2)cc1. The zero-order chi connectivity index (χ0) is 22.2. The second kappa shape index (κ2) is 10.5. The van der Waals surface area contributed by atoms with Gasteiger partial charge in [0.25, 0.3) is 5.91 Å². The van der Waals surface area contributed by atoms with Gasteiger partial charge in [0.1, 0.15) is 22.3 Å². The van der Waals surface area contributed by atoms with E-state index in [4.69, 9.17) is 9.47 Å². The average Bonchev–Trinajstić information content (AvgIpc) is 3.22. The van der Waals surface area contributed by atoms with Crippen molar-refractivity contribution >= 4 is 23.2 Å². The van der Waals surface area contributed by atoms with Crippen molar-refractivity contribution in [2.75, 3.05) is 6.61 Å². The van der Waals surface area contributed by atoms with Gasteiger partial charge in [0.15, 0.2) is 6.10 Å². The number of hydrogen-bond acceptors (Lipinski definition) is 6. The van der Waals surface area contributed by atoms with E-state index in [0.717, 1.165) is 5.56 Å². The van der Waals surface area contributed by atoms with E-state index in [2.05, 4.69) is 15.8 Å². The summed E-state index contributed by atoms with van der Waals surface area (Å²) in [6.45, 7) is 4.03. The van der Waals surface area contributed by atoms with E-state index in [-0.39, 0.29) is 12.2 Å². The van der Waals surface area contributed by atoms with Crippen LogP contribution in [0, 0.1) is 5.82 Å². The van der Waals surface area contributed by atoms with Crippen LogP contribution in [0.15, 0.2) is 53.9 Å². The number of carbonyl (C=O) groups is 2. The van der Waals surface area contributed by atoms with Crippen molar-refractivity contribution in [2.45, 2.75) is 26.4 Å². The minimum absolute atomic E-state index is 0.00783. The minimum Gasteiger partial charge on any atom is -0.494 e. The lowest BCUT2D eigenvalue weighted by atomic mass is 10.2. The van der Waals surface area contributed by atoms with Crippen molar-refractivity contribution in [2.24, 2.45) is 0 Å². The van der Waals surface area contributed by atoms with Gasteiger partial charge in [-0.05, 0) is 62.4 Å². The highest BCUT2D eigenvalue weighted by atomic mass is 32.1. The van der Waals surface area contributed by atoms with Crippen molar-refractivity contribution in [1.29, 1.82) is 0 Å². The lowest BCUT2D eigenvalue weighted by molar-refractivity contribution is -0.132. The maximum absolute atomic E-state index is 13.0. The van der Waals surface area contributed by atoms with Crippen LogP contribution in [0.4, 0.5) is 4.39 Å². The van der Waals surface area contributed by atoms with Crippen LogP contribution < -0.4 is 20.3 Å². The summed E-state index contributed by atoms with van der Waals surface area (Å²) in [5, 5.41) is 2.43. The third kappa shape index (κ3) is 6.51. The highest BCUT2D eigenvalue weighted by Gasteiger charge is 2.16. The molecular formula is C22H22FN3O4S. The van der Waals surface area contributed by atoms with Gasteiger partial charge < -0.3 is 9.47 Å². The number of halogens is 1. The number of hydrogen-bond donors (Lipinski definition) is 2. The van der Waals surface area contributed by atoms with E-state index < -0.39 is 17.9 Å². The topological polar surface area (TPSA) is 89.5 Å². The molecule has 9 heteroatoms. The smallest absolute Gasteiger partial charge is 0.279 e. The zero-order valence-corrected chi connectivity index (χ0v) is 17.9. The maximum atomic E-state index is 13.0. The summed E-state index contributed by atoms with van der Waals surface area (Å²) in [6, 6.07) is 12.9. The van der Waals surface area contributed by atoms with Crippen LogP contribution in [0.2, 0.25) is 0 Å². The number of carbonyl (C=O) groups excluding carboxylic acids is 2. The number of ether oxygens (including phenoxy) is 2. The van der Waals surface area contributed by atoms with Gasteiger partial charge in [-0.15, -0.1) is 11.3 Å². The van der Waals surface area contributed by atoms with Crippen molar-refractivity contribution < 1.29 is 23.5 Å². The summed E-state index contributed by atoms with van der Waals surface area (Å²) in [6.07, 6.45) is -0.825. The van der Waals surface area contributed by atoms with E-state index >= 15 is 0 Å². The van der Waals surface area contributed by atoms with Crippen LogP contribution in [0.5, 0.6) is 11.5 Å². The highest BCUT2D eigenvalue weighted by Crippen LogP contribution is 2.24. The fraction of sp³-hybridized carbons (Fsp3) is 0.227. The molecule has 0 aliphatic heterocycles. The van der Waals surface area contributed by atoms with Crippen LogP contribution >= 0.6 is 11.3 Å². The highest BCUT2D eigenvalue weighted by molar-refractivity contribution is 7.13. The first-order valence-electron chi connectivity index (χ1n) is 9.63. The summed E-state index contributed by atoms with van der Waals surface area (Å²) in [5.74, 6) is -0.0152. The number of nitrogens with one attached hydrogen (secondary N) is 2. The van der Waals surface area contributed by atoms with Gasteiger partial charge in [0, 0.05) is 10.9 Å². The predicted octanol–water partition coefficient (Wildman–Crippen LogP) is 3.51. The lowest BCUT2D eigenvalue weighted by Gasteiger charge is -2.15. The first-order chi connectivity index (χ1) is 14.9. The van der Waals surface area contributed by atoms with Gasteiger partial charge in [0.05, 0.1) is 18.7 Å². The van der Waals surface area contributed by atoms with Gasteiger partial charge in [0.2, 0.25) is 5.91 Å². The van der Waals surface area contributed by atoms with Crippen molar-refractivity contribution in [3.8, 4) is 22.1 Å². The van der Waals surface area contributed by atoms with Crippen molar-refractivity contribution in [1.82, 2.24) is 15.8 Å². The molecule has 0 saturated heterocycles. The molecule has 0 spiro atoms. The predicted molar refractivity (Wildman–Crippen MR) is 115 cm³/mol. The third-order valence-electron chi connectivity index (χ3n) is 4.13.